The molecule has 1 fully saturated rings. The molecule has 0 radical (unpaired) electrons. The van der Waals surface area contributed by atoms with Gasteiger partial charge in [0, 0.05) is 25.6 Å². The Kier molecular flexibility index (Phi) is 5.74. The molecule has 122 valence electrons. The lowest BCUT2D eigenvalue weighted by Gasteiger charge is -2.27. The lowest BCUT2D eigenvalue weighted by atomic mass is 10.0. The van der Waals surface area contributed by atoms with Crippen LogP contribution in [0.3, 0.4) is 0 Å². The zero-order valence-electron chi connectivity index (χ0n) is 12.9. The number of amides is 1. The summed E-state index contributed by atoms with van der Waals surface area (Å²) in [4.78, 5) is 12.0. The quantitative estimate of drug-likeness (QED) is 0.901. The maximum atomic E-state index is 14.2. The van der Waals surface area contributed by atoms with Gasteiger partial charge in [0.25, 0.3) is 5.91 Å². The highest BCUT2D eigenvalue weighted by atomic mass is 35.5. The molecule has 1 saturated heterocycles. The van der Waals surface area contributed by atoms with Crippen molar-refractivity contribution < 1.29 is 9.18 Å². The normalized spacial score (nSPS) is 13.8. The van der Waals surface area contributed by atoms with Crippen molar-refractivity contribution in [3.05, 3.63) is 59.4 Å². The number of benzene rings is 2. The molecule has 3 rings (SSSR count). The van der Waals surface area contributed by atoms with Crippen molar-refractivity contribution in [1.82, 2.24) is 10.6 Å². The molecule has 2 aromatic carbocycles. The third-order valence-electron chi connectivity index (χ3n) is 4.02. The molecular weight excluding hydrogens is 315 g/mol. The largest absolute Gasteiger partial charge is 0.352 e. The third kappa shape index (κ3) is 4.09. The van der Waals surface area contributed by atoms with Crippen molar-refractivity contribution in [2.45, 2.75) is 6.92 Å². The Bertz CT molecular complexity index is 684. The number of hydrogen-bond acceptors (Lipinski definition) is 2. The minimum Gasteiger partial charge on any atom is -0.352 e. The first kappa shape index (κ1) is 17.4. The van der Waals surface area contributed by atoms with E-state index in [1.165, 1.54) is 6.07 Å². The highest BCUT2D eigenvalue weighted by molar-refractivity contribution is 5.95. The smallest absolute Gasteiger partial charge is 0.254 e. The molecule has 1 amide bonds. The van der Waals surface area contributed by atoms with Crippen LogP contribution in [0.25, 0.3) is 11.1 Å². The summed E-state index contributed by atoms with van der Waals surface area (Å²) in [7, 11) is 0. The molecule has 2 aromatic rings. The number of aryl methyl sites for hydroxylation is 1. The van der Waals surface area contributed by atoms with Gasteiger partial charge in [0.05, 0.1) is 5.56 Å². The summed E-state index contributed by atoms with van der Waals surface area (Å²) in [5.41, 5.74) is 2.98. The topological polar surface area (TPSA) is 41.1 Å². The summed E-state index contributed by atoms with van der Waals surface area (Å²) < 4.78 is 14.2. The number of halogens is 2. The van der Waals surface area contributed by atoms with Gasteiger partial charge < -0.3 is 10.6 Å². The number of carbonyl (C=O) groups excluding carboxylic acids is 1. The monoisotopic (exact) mass is 334 g/mol. The second-order valence-electron chi connectivity index (χ2n) is 5.79. The predicted octanol–water partition coefficient (Wildman–Crippen LogP) is 3.17. The highest BCUT2D eigenvalue weighted by Gasteiger charge is 2.19. The Labute approximate surface area is 141 Å². The lowest BCUT2D eigenvalue weighted by Crippen LogP contribution is -2.48. The van der Waals surface area contributed by atoms with E-state index in [0.29, 0.717) is 12.5 Å². The van der Waals surface area contributed by atoms with Crippen molar-refractivity contribution in [2.75, 3.05) is 19.6 Å². The van der Waals surface area contributed by atoms with Crippen LogP contribution in [0.2, 0.25) is 0 Å². The first-order valence-corrected chi connectivity index (χ1v) is 7.49. The van der Waals surface area contributed by atoms with E-state index in [1.807, 2.05) is 31.2 Å². The Morgan fingerprint density at radius 2 is 1.83 bits per heavy atom. The van der Waals surface area contributed by atoms with Gasteiger partial charge in [-0.15, -0.1) is 12.4 Å². The van der Waals surface area contributed by atoms with E-state index in [9.17, 15) is 9.18 Å². The van der Waals surface area contributed by atoms with Crippen molar-refractivity contribution >= 4 is 18.3 Å². The van der Waals surface area contributed by atoms with Crippen LogP contribution in [0.15, 0.2) is 42.5 Å². The number of carbonyl (C=O) groups is 1. The zero-order valence-corrected chi connectivity index (χ0v) is 13.8. The van der Waals surface area contributed by atoms with Crippen LogP contribution in [0.5, 0.6) is 0 Å². The molecule has 1 heterocycles. The van der Waals surface area contributed by atoms with Crippen LogP contribution >= 0.6 is 12.4 Å². The fraction of sp³-hybridized carbons (Fsp3) is 0.278. The first-order chi connectivity index (χ1) is 10.6. The van der Waals surface area contributed by atoms with Crippen LogP contribution in [0.4, 0.5) is 4.39 Å². The summed E-state index contributed by atoms with van der Waals surface area (Å²) >= 11 is 0. The van der Waals surface area contributed by atoms with Crippen molar-refractivity contribution in [1.29, 1.82) is 0 Å². The second kappa shape index (κ2) is 7.57. The molecule has 1 aliphatic rings. The SMILES string of the molecule is Cc1ccc(-c2ccc(C(=O)NCC3CNC3)c(F)c2)cc1.Cl. The molecule has 0 bridgehead atoms. The average molecular weight is 335 g/mol. The van der Waals surface area contributed by atoms with Crippen LogP contribution in [-0.2, 0) is 0 Å². The average Bonchev–Trinajstić information content (AvgIpc) is 2.46. The van der Waals surface area contributed by atoms with Crippen LogP contribution < -0.4 is 10.6 Å². The summed E-state index contributed by atoms with van der Waals surface area (Å²) in [6, 6.07) is 12.6. The van der Waals surface area contributed by atoms with Crippen LogP contribution in [0, 0.1) is 18.7 Å². The molecule has 3 nitrogen and oxygen atoms in total. The molecule has 0 aliphatic carbocycles. The van der Waals surface area contributed by atoms with E-state index in [2.05, 4.69) is 10.6 Å². The number of rotatable bonds is 4. The molecule has 0 spiro atoms. The predicted molar refractivity (Wildman–Crippen MR) is 92.5 cm³/mol. The van der Waals surface area contributed by atoms with Gasteiger partial charge in [-0.2, -0.15) is 0 Å². The Hall–Kier alpha value is -1.91. The molecular formula is C18H20ClFN2O. The maximum absolute atomic E-state index is 14.2. The van der Waals surface area contributed by atoms with Crippen LogP contribution in [-0.4, -0.2) is 25.5 Å². The van der Waals surface area contributed by atoms with Gasteiger partial charge in [0.2, 0.25) is 0 Å². The van der Waals surface area contributed by atoms with Crippen LogP contribution in [0.1, 0.15) is 15.9 Å². The van der Waals surface area contributed by atoms with Crippen molar-refractivity contribution in [3.8, 4) is 11.1 Å². The Morgan fingerprint density at radius 3 is 2.39 bits per heavy atom. The Morgan fingerprint density at radius 1 is 1.17 bits per heavy atom. The molecule has 0 unspecified atom stereocenters. The van der Waals surface area contributed by atoms with Crippen molar-refractivity contribution in [3.63, 3.8) is 0 Å². The van der Waals surface area contributed by atoms with E-state index < -0.39 is 5.82 Å². The van der Waals surface area contributed by atoms with Gasteiger partial charge in [0.1, 0.15) is 5.82 Å². The number of nitrogens with one attached hydrogen (secondary N) is 2. The second-order valence-corrected chi connectivity index (χ2v) is 5.79. The van der Waals surface area contributed by atoms with Gasteiger partial charge in [-0.1, -0.05) is 35.9 Å². The summed E-state index contributed by atoms with van der Waals surface area (Å²) in [6.45, 7) is 4.42. The molecule has 5 heteroatoms. The van der Waals surface area contributed by atoms with Gasteiger partial charge in [-0.05, 0) is 30.2 Å². The molecule has 23 heavy (non-hydrogen) atoms. The van der Waals surface area contributed by atoms with E-state index in [0.717, 1.165) is 29.8 Å². The van der Waals surface area contributed by atoms with Gasteiger partial charge >= 0.3 is 0 Å². The standard InChI is InChI=1S/C18H19FN2O.ClH/c1-12-2-4-14(5-3-12)15-6-7-16(17(19)8-15)18(22)21-11-13-9-20-10-13;/h2-8,13,20H,9-11H2,1H3,(H,21,22);1H. The molecule has 0 atom stereocenters. The van der Waals surface area contributed by atoms with E-state index in [4.69, 9.17) is 0 Å². The molecule has 0 aromatic heterocycles. The van der Waals surface area contributed by atoms with Gasteiger partial charge in [0.15, 0.2) is 0 Å². The summed E-state index contributed by atoms with van der Waals surface area (Å²) in [6.07, 6.45) is 0. The van der Waals surface area contributed by atoms with E-state index >= 15 is 0 Å². The minimum absolute atomic E-state index is 0. The van der Waals surface area contributed by atoms with Crippen molar-refractivity contribution in [2.24, 2.45) is 5.92 Å². The first-order valence-electron chi connectivity index (χ1n) is 7.49. The highest BCUT2D eigenvalue weighted by Crippen LogP contribution is 2.22. The fourth-order valence-electron chi connectivity index (χ4n) is 2.45. The number of hydrogen-bond donors (Lipinski definition) is 2. The fourth-order valence-corrected chi connectivity index (χ4v) is 2.45. The summed E-state index contributed by atoms with van der Waals surface area (Å²) in [5.74, 6) is -0.374. The van der Waals surface area contributed by atoms with E-state index in [-0.39, 0.29) is 23.9 Å². The van der Waals surface area contributed by atoms with Gasteiger partial charge in [-0.25, -0.2) is 4.39 Å². The van der Waals surface area contributed by atoms with Gasteiger partial charge in [-0.3, -0.25) is 4.79 Å². The molecule has 0 saturated carbocycles. The zero-order chi connectivity index (χ0) is 15.5. The Balaban J connectivity index is 0.00000192. The van der Waals surface area contributed by atoms with E-state index in [1.54, 1.807) is 12.1 Å². The summed E-state index contributed by atoms with van der Waals surface area (Å²) in [5, 5.41) is 5.93. The lowest BCUT2D eigenvalue weighted by molar-refractivity contribution is 0.0938. The molecule has 2 N–H and O–H groups in total. The minimum atomic E-state index is -0.484. The third-order valence-corrected chi connectivity index (χ3v) is 4.02. The maximum Gasteiger partial charge on any atom is 0.254 e. The molecule has 1 aliphatic heterocycles.